The number of hydrogen-bond acceptors (Lipinski definition) is 4. The normalized spacial score (nSPS) is 21.3. The molecule has 1 saturated heterocycles. The summed E-state index contributed by atoms with van der Waals surface area (Å²) in [6.07, 6.45) is 3.54. The SMILES string of the molecule is CC(=O)c1csc(CC2CCCN2C(C)C)n1. The standard InChI is InChI=1S/C13H20N2OS/c1-9(2)15-6-4-5-11(15)7-13-14-12(8-17-13)10(3)16/h8-9,11H,4-7H2,1-3H3. The van der Waals surface area contributed by atoms with Gasteiger partial charge in [-0.1, -0.05) is 0 Å². The molecular formula is C13H20N2OS. The smallest absolute Gasteiger partial charge is 0.178 e. The molecule has 1 aromatic heterocycles. The fourth-order valence-electron chi connectivity index (χ4n) is 2.52. The average molecular weight is 252 g/mol. The van der Waals surface area contributed by atoms with E-state index in [-0.39, 0.29) is 5.78 Å². The summed E-state index contributed by atoms with van der Waals surface area (Å²) in [6, 6.07) is 1.22. The van der Waals surface area contributed by atoms with Crippen LogP contribution in [-0.2, 0) is 6.42 Å². The molecule has 4 heteroatoms. The molecule has 1 fully saturated rings. The van der Waals surface area contributed by atoms with E-state index < -0.39 is 0 Å². The first kappa shape index (κ1) is 12.7. The van der Waals surface area contributed by atoms with Gasteiger partial charge in [0, 0.05) is 30.8 Å². The summed E-state index contributed by atoms with van der Waals surface area (Å²) in [5.74, 6) is 0.0691. The van der Waals surface area contributed by atoms with Crippen molar-refractivity contribution in [2.24, 2.45) is 0 Å². The number of aromatic nitrogens is 1. The monoisotopic (exact) mass is 252 g/mol. The van der Waals surface area contributed by atoms with E-state index in [4.69, 9.17) is 0 Å². The summed E-state index contributed by atoms with van der Waals surface area (Å²) in [4.78, 5) is 18.2. The number of hydrogen-bond donors (Lipinski definition) is 0. The number of carbonyl (C=O) groups is 1. The molecule has 0 aromatic carbocycles. The third kappa shape index (κ3) is 2.93. The highest BCUT2D eigenvalue weighted by Gasteiger charge is 2.27. The van der Waals surface area contributed by atoms with Crippen LogP contribution >= 0.6 is 11.3 Å². The van der Waals surface area contributed by atoms with Crippen LogP contribution in [0.2, 0.25) is 0 Å². The molecule has 0 N–H and O–H groups in total. The second-order valence-electron chi connectivity index (χ2n) is 5.01. The molecule has 0 spiro atoms. The second kappa shape index (κ2) is 5.27. The van der Waals surface area contributed by atoms with E-state index in [1.807, 2.05) is 5.38 Å². The fraction of sp³-hybridized carbons (Fsp3) is 0.692. The van der Waals surface area contributed by atoms with Crippen molar-refractivity contribution in [1.29, 1.82) is 0 Å². The van der Waals surface area contributed by atoms with Gasteiger partial charge < -0.3 is 0 Å². The molecule has 0 aliphatic carbocycles. The Bertz CT molecular complexity index is 400. The number of rotatable bonds is 4. The maximum atomic E-state index is 11.2. The first-order valence-electron chi connectivity index (χ1n) is 6.29. The Morgan fingerprint density at radius 3 is 3.00 bits per heavy atom. The van der Waals surface area contributed by atoms with E-state index in [0.717, 1.165) is 11.4 Å². The van der Waals surface area contributed by atoms with Crippen molar-refractivity contribution in [3.05, 3.63) is 16.1 Å². The summed E-state index contributed by atoms with van der Waals surface area (Å²) < 4.78 is 0. The predicted octanol–water partition coefficient (Wildman–Crippen LogP) is 2.76. The summed E-state index contributed by atoms with van der Waals surface area (Å²) in [5, 5.41) is 2.99. The first-order chi connectivity index (χ1) is 8.08. The lowest BCUT2D eigenvalue weighted by molar-refractivity contribution is 0.101. The van der Waals surface area contributed by atoms with Crippen molar-refractivity contribution in [3.63, 3.8) is 0 Å². The number of thiazole rings is 1. The summed E-state index contributed by atoms with van der Waals surface area (Å²) >= 11 is 1.62. The lowest BCUT2D eigenvalue weighted by atomic mass is 10.1. The fourth-order valence-corrected chi connectivity index (χ4v) is 3.43. The zero-order valence-corrected chi connectivity index (χ0v) is 11.6. The van der Waals surface area contributed by atoms with Gasteiger partial charge in [-0.2, -0.15) is 0 Å². The Morgan fingerprint density at radius 2 is 2.41 bits per heavy atom. The van der Waals surface area contributed by atoms with E-state index in [2.05, 4.69) is 23.7 Å². The molecule has 1 aliphatic rings. The minimum atomic E-state index is 0.0691. The predicted molar refractivity (Wildman–Crippen MR) is 70.7 cm³/mol. The lowest BCUT2D eigenvalue weighted by Crippen LogP contribution is -2.36. The number of carbonyl (C=O) groups excluding carboxylic acids is 1. The molecule has 2 rings (SSSR count). The van der Waals surface area contributed by atoms with Crippen LogP contribution in [0.15, 0.2) is 5.38 Å². The van der Waals surface area contributed by atoms with Gasteiger partial charge in [-0.25, -0.2) is 4.98 Å². The highest BCUT2D eigenvalue weighted by molar-refractivity contribution is 7.09. The Balaban J connectivity index is 2.02. The highest BCUT2D eigenvalue weighted by atomic mass is 32.1. The Kier molecular flexibility index (Phi) is 3.94. The molecule has 1 aromatic rings. The number of ketones is 1. The maximum Gasteiger partial charge on any atom is 0.178 e. The van der Waals surface area contributed by atoms with Gasteiger partial charge in [0.2, 0.25) is 0 Å². The van der Waals surface area contributed by atoms with E-state index in [0.29, 0.717) is 17.8 Å². The molecule has 1 unspecified atom stereocenters. The third-order valence-electron chi connectivity index (χ3n) is 3.41. The van der Waals surface area contributed by atoms with Crippen LogP contribution in [0.3, 0.4) is 0 Å². The van der Waals surface area contributed by atoms with Gasteiger partial charge in [0.25, 0.3) is 0 Å². The zero-order valence-electron chi connectivity index (χ0n) is 10.8. The summed E-state index contributed by atoms with van der Waals surface area (Å²) in [6.45, 7) is 7.28. The Hall–Kier alpha value is -0.740. The van der Waals surface area contributed by atoms with Crippen molar-refractivity contribution < 1.29 is 4.79 Å². The zero-order chi connectivity index (χ0) is 12.4. The molecule has 94 valence electrons. The molecule has 3 nitrogen and oxygen atoms in total. The Morgan fingerprint density at radius 1 is 1.65 bits per heavy atom. The molecule has 1 atom stereocenters. The van der Waals surface area contributed by atoms with Gasteiger partial charge in [0.1, 0.15) is 5.69 Å². The summed E-state index contributed by atoms with van der Waals surface area (Å²) in [5.41, 5.74) is 0.624. The largest absolute Gasteiger partial charge is 0.298 e. The van der Waals surface area contributed by atoms with Crippen LogP contribution in [0.25, 0.3) is 0 Å². The van der Waals surface area contributed by atoms with Crippen molar-refractivity contribution in [2.75, 3.05) is 6.54 Å². The molecule has 0 saturated carbocycles. The van der Waals surface area contributed by atoms with E-state index >= 15 is 0 Å². The van der Waals surface area contributed by atoms with Crippen molar-refractivity contribution in [2.45, 2.75) is 52.1 Å². The topological polar surface area (TPSA) is 33.2 Å². The molecule has 1 aliphatic heterocycles. The number of likely N-dealkylation sites (tertiary alicyclic amines) is 1. The van der Waals surface area contributed by atoms with Crippen LogP contribution in [0.1, 0.15) is 49.1 Å². The quantitative estimate of drug-likeness (QED) is 0.773. The Labute approximate surface area is 107 Å². The van der Waals surface area contributed by atoms with Gasteiger partial charge >= 0.3 is 0 Å². The van der Waals surface area contributed by atoms with Gasteiger partial charge in [0.05, 0.1) is 5.01 Å². The van der Waals surface area contributed by atoms with Crippen LogP contribution in [-0.4, -0.2) is 34.3 Å². The van der Waals surface area contributed by atoms with Crippen molar-refractivity contribution in [1.82, 2.24) is 9.88 Å². The third-order valence-corrected chi connectivity index (χ3v) is 4.28. The molecule has 17 heavy (non-hydrogen) atoms. The van der Waals surface area contributed by atoms with E-state index in [9.17, 15) is 4.79 Å². The van der Waals surface area contributed by atoms with Gasteiger partial charge in [-0.05, 0) is 33.2 Å². The minimum Gasteiger partial charge on any atom is -0.298 e. The number of nitrogens with zero attached hydrogens (tertiary/aromatic N) is 2. The van der Waals surface area contributed by atoms with Gasteiger partial charge in [-0.3, -0.25) is 9.69 Å². The number of Topliss-reactive ketones (excluding diaryl/α,β-unsaturated/α-hetero) is 1. The van der Waals surface area contributed by atoms with E-state index in [1.165, 1.54) is 19.4 Å². The summed E-state index contributed by atoms with van der Waals surface area (Å²) in [7, 11) is 0. The lowest BCUT2D eigenvalue weighted by Gasteiger charge is -2.27. The highest BCUT2D eigenvalue weighted by Crippen LogP contribution is 2.24. The van der Waals surface area contributed by atoms with E-state index in [1.54, 1.807) is 18.3 Å². The van der Waals surface area contributed by atoms with Crippen LogP contribution < -0.4 is 0 Å². The molecule has 0 amide bonds. The second-order valence-corrected chi connectivity index (χ2v) is 5.96. The minimum absolute atomic E-state index is 0.0691. The molecule has 0 bridgehead atoms. The van der Waals surface area contributed by atoms with Crippen LogP contribution in [0, 0.1) is 0 Å². The van der Waals surface area contributed by atoms with Crippen LogP contribution in [0.5, 0.6) is 0 Å². The first-order valence-corrected chi connectivity index (χ1v) is 7.17. The van der Waals surface area contributed by atoms with Crippen molar-refractivity contribution >= 4 is 17.1 Å². The maximum absolute atomic E-state index is 11.2. The van der Waals surface area contributed by atoms with Crippen molar-refractivity contribution in [3.8, 4) is 0 Å². The molecule has 0 radical (unpaired) electrons. The molecule has 2 heterocycles. The molecular weight excluding hydrogens is 232 g/mol. The van der Waals surface area contributed by atoms with Gasteiger partial charge in [0.15, 0.2) is 5.78 Å². The van der Waals surface area contributed by atoms with Crippen LogP contribution in [0.4, 0.5) is 0 Å². The van der Waals surface area contributed by atoms with Gasteiger partial charge in [-0.15, -0.1) is 11.3 Å². The average Bonchev–Trinajstić information content (AvgIpc) is 2.86.